The molecule has 2 aliphatic heterocycles. The predicted octanol–water partition coefficient (Wildman–Crippen LogP) is 15.8. The van der Waals surface area contributed by atoms with E-state index in [1.54, 1.807) is 11.1 Å². The third-order valence-corrected chi connectivity index (χ3v) is 21.0. The van der Waals surface area contributed by atoms with Gasteiger partial charge in [0.1, 0.15) is 0 Å². The van der Waals surface area contributed by atoms with Crippen LogP contribution in [0, 0.1) is 38.5 Å². The van der Waals surface area contributed by atoms with E-state index < -0.39 is 28.9 Å². The molecule has 6 aliphatic rings. The van der Waals surface area contributed by atoms with Crippen molar-refractivity contribution >= 4 is 47.8 Å². The SMILES string of the molecule is CC(C)(C)OCCCCCC[Si](C)(C1C2C=CC=CC2C2C1c1ccccc1N2c1ccccc1)C1C2C=CC=CC2C2C1c1ccccc1N2c1ccccc1.[CH3-].[CH3-].[Cl][Zr+2][Cl]. The Morgan fingerprint density at radius 3 is 1.37 bits per heavy atom. The van der Waals surface area contributed by atoms with Crippen LogP contribution in [0.5, 0.6) is 0 Å². The van der Waals surface area contributed by atoms with Crippen LogP contribution in [0.2, 0.25) is 23.7 Å². The summed E-state index contributed by atoms with van der Waals surface area (Å²) in [6.07, 6.45) is 25.1. The Labute approximate surface area is 394 Å². The molecular formula is C55H66Cl2N2OSiZr. The summed E-state index contributed by atoms with van der Waals surface area (Å²) >= 11 is -0.826. The summed E-state index contributed by atoms with van der Waals surface area (Å²) in [4.78, 5) is 5.55. The molecule has 62 heavy (non-hydrogen) atoms. The van der Waals surface area contributed by atoms with Crippen LogP contribution >= 0.6 is 17.0 Å². The zero-order valence-corrected chi connectivity index (χ0v) is 42.6. The topological polar surface area (TPSA) is 15.7 Å². The number of fused-ring (bicyclic) bond motifs is 10. The second-order valence-corrected chi connectivity index (χ2v) is 27.7. The maximum absolute atomic E-state index is 6.18. The van der Waals surface area contributed by atoms with E-state index in [-0.39, 0.29) is 20.5 Å². The number of allylic oxidation sites excluding steroid dienone is 6. The summed E-state index contributed by atoms with van der Waals surface area (Å²) in [7, 11) is 7.64. The molecule has 2 saturated carbocycles. The van der Waals surface area contributed by atoms with E-state index in [0.717, 1.165) is 13.0 Å². The molecule has 3 nitrogen and oxygen atoms in total. The second kappa shape index (κ2) is 20.1. The van der Waals surface area contributed by atoms with Gasteiger partial charge in [0, 0.05) is 65.1 Å². The fraction of sp³-hybridized carbons (Fsp3) is 0.382. The van der Waals surface area contributed by atoms with Crippen LogP contribution in [0.1, 0.15) is 69.4 Å². The van der Waals surface area contributed by atoms with Crippen LogP contribution in [0.4, 0.5) is 22.7 Å². The van der Waals surface area contributed by atoms with Gasteiger partial charge in [-0.2, -0.15) is 0 Å². The number of halogens is 2. The second-order valence-electron chi connectivity index (χ2n) is 19.2. The van der Waals surface area contributed by atoms with Gasteiger partial charge in [0.25, 0.3) is 0 Å². The van der Waals surface area contributed by atoms with Crippen molar-refractivity contribution in [3.8, 4) is 0 Å². The van der Waals surface area contributed by atoms with Crippen LogP contribution < -0.4 is 9.80 Å². The van der Waals surface area contributed by atoms with E-state index in [1.807, 2.05) is 0 Å². The molecule has 2 fully saturated rings. The van der Waals surface area contributed by atoms with Crippen molar-refractivity contribution in [1.82, 2.24) is 0 Å². The molecule has 0 radical (unpaired) electrons. The van der Waals surface area contributed by atoms with E-state index in [1.165, 1.54) is 48.1 Å². The first-order valence-corrected chi connectivity index (χ1v) is 31.6. The molecule has 324 valence electrons. The van der Waals surface area contributed by atoms with Crippen LogP contribution in [0.15, 0.2) is 158 Å². The minimum absolute atomic E-state index is 0. The number of para-hydroxylation sites is 4. The van der Waals surface area contributed by atoms with Gasteiger partial charge in [0.2, 0.25) is 0 Å². The number of unbranched alkanes of at least 4 members (excludes halogenated alkanes) is 3. The number of rotatable bonds is 11. The van der Waals surface area contributed by atoms with E-state index in [0.29, 0.717) is 58.7 Å². The Balaban J connectivity index is 0.00000112. The molecule has 4 aromatic carbocycles. The maximum atomic E-state index is 6.18. The molecule has 10 atom stereocenters. The fourth-order valence-electron chi connectivity index (χ4n) is 13.2. The summed E-state index contributed by atoms with van der Waals surface area (Å²) in [5.41, 5.74) is 9.90. The molecule has 0 N–H and O–H groups in total. The van der Waals surface area contributed by atoms with Crippen molar-refractivity contribution < 1.29 is 25.6 Å². The van der Waals surface area contributed by atoms with Gasteiger partial charge in [0.05, 0.1) is 13.7 Å². The Kier molecular flexibility index (Phi) is 15.2. The van der Waals surface area contributed by atoms with E-state index >= 15 is 0 Å². The molecule has 0 saturated heterocycles. The van der Waals surface area contributed by atoms with Gasteiger partial charge < -0.3 is 29.4 Å². The number of benzene rings is 4. The first-order valence-electron chi connectivity index (χ1n) is 22.4. The van der Waals surface area contributed by atoms with Gasteiger partial charge in [-0.25, -0.2) is 0 Å². The van der Waals surface area contributed by atoms with Gasteiger partial charge in [-0.15, -0.1) is 0 Å². The van der Waals surface area contributed by atoms with Crippen molar-refractivity contribution in [3.05, 3.63) is 184 Å². The average molecular weight is 961 g/mol. The van der Waals surface area contributed by atoms with Gasteiger partial charge >= 0.3 is 37.9 Å². The van der Waals surface area contributed by atoms with Crippen LogP contribution in [0.25, 0.3) is 0 Å². The van der Waals surface area contributed by atoms with E-state index in [2.05, 4.69) is 195 Å². The monoisotopic (exact) mass is 958 g/mol. The predicted molar refractivity (Wildman–Crippen MR) is 266 cm³/mol. The molecule has 4 aromatic rings. The van der Waals surface area contributed by atoms with Crippen LogP contribution in [-0.2, 0) is 25.6 Å². The van der Waals surface area contributed by atoms with Gasteiger partial charge in [0.15, 0.2) is 0 Å². The standard InChI is InChI=1S/C53H60N2OSi.2CH3.2ClH.Zr/c1-53(2,3)56-35-21-5-6-22-36-57(4,51-41-29-15-13-27-39(41)49-47(51)43-31-17-19-33-45(43)54(49)37-23-9-7-10-24-37)52-42-30-16-14-28-40(42)50-48(52)44-32-18-20-34-46(44)55(50)38-25-11-8-12-26-38;;;;;/h7-20,23-34,39-42,47-52H,5-6,21-22,35-36H2,1-4H3;2*1H3;2*1H;/q;2*-1;;;+4/p-2. The summed E-state index contributed by atoms with van der Waals surface area (Å²) in [6, 6.07) is 44.0. The van der Waals surface area contributed by atoms with Crippen molar-refractivity contribution in [3.63, 3.8) is 0 Å². The number of nitrogens with zero attached hydrogens (tertiary/aromatic N) is 2. The Bertz CT molecular complexity index is 2080. The Morgan fingerprint density at radius 1 is 0.548 bits per heavy atom. The Morgan fingerprint density at radius 2 is 0.935 bits per heavy atom. The minimum atomic E-state index is -2.22. The first kappa shape index (κ1) is 47.1. The first-order chi connectivity index (χ1) is 29.3. The van der Waals surface area contributed by atoms with Crippen molar-refractivity contribution in [2.24, 2.45) is 23.7 Å². The third-order valence-electron chi connectivity index (χ3n) is 15.0. The molecular weight excluding hydrogens is 895 g/mol. The molecule has 0 spiro atoms. The van der Waals surface area contributed by atoms with Crippen molar-refractivity contribution in [2.45, 2.75) is 99.6 Å². The molecule has 10 rings (SSSR count). The molecule has 0 aromatic heterocycles. The average Bonchev–Trinajstić information content (AvgIpc) is 3.99. The van der Waals surface area contributed by atoms with Crippen LogP contribution in [0.3, 0.4) is 0 Å². The number of ether oxygens (including phenoxy) is 1. The van der Waals surface area contributed by atoms with Gasteiger partial charge in [-0.05, 0) is 97.6 Å². The fourth-order valence-corrected chi connectivity index (χ4v) is 20.1. The van der Waals surface area contributed by atoms with E-state index in [4.69, 9.17) is 21.8 Å². The van der Waals surface area contributed by atoms with E-state index in [9.17, 15) is 0 Å². The number of hydrogen-bond acceptors (Lipinski definition) is 3. The molecule has 0 bridgehead atoms. The quantitative estimate of drug-likeness (QED) is 0.0846. The third kappa shape index (κ3) is 8.53. The molecule has 2 heterocycles. The number of anilines is 4. The van der Waals surface area contributed by atoms with Crippen LogP contribution in [-0.4, -0.2) is 32.4 Å². The van der Waals surface area contributed by atoms with Crippen molar-refractivity contribution in [1.29, 1.82) is 0 Å². The summed E-state index contributed by atoms with van der Waals surface area (Å²) in [6.45, 7) is 10.3. The summed E-state index contributed by atoms with van der Waals surface area (Å²) in [5, 5.41) is 0. The zero-order chi connectivity index (χ0) is 41.4. The summed E-state index contributed by atoms with van der Waals surface area (Å²) < 4.78 is 6.18. The zero-order valence-electron chi connectivity index (χ0n) is 37.6. The molecule has 7 heteroatoms. The van der Waals surface area contributed by atoms with Gasteiger partial charge in [-0.3, -0.25) is 0 Å². The number of hydrogen-bond donors (Lipinski definition) is 0. The molecule has 4 aliphatic carbocycles. The molecule has 0 amide bonds. The van der Waals surface area contributed by atoms with Gasteiger partial charge in [-0.1, -0.05) is 153 Å². The van der Waals surface area contributed by atoms with Crippen molar-refractivity contribution in [2.75, 3.05) is 16.4 Å². The Hall–Kier alpha value is -2.92. The summed E-state index contributed by atoms with van der Waals surface area (Å²) in [5.74, 6) is 3.00. The molecule has 10 unspecified atom stereocenters. The normalized spacial score (nSPS) is 28.7.